The molecule has 1 N–H and O–H groups in total. The number of hydrogen-bond acceptors (Lipinski definition) is 4. The zero-order chi connectivity index (χ0) is 19.5. The monoisotopic (exact) mass is 395 g/mol. The lowest BCUT2D eigenvalue weighted by molar-refractivity contribution is 0.101. The maximum absolute atomic E-state index is 12.0. The largest absolute Gasteiger partial charge is 0.455 e. The maximum Gasteiger partial charge on any atom is 0.232 e. The second kappa shape index (κ2) is 8.10. The molecule has 140 valence electrons. The number of carbonyl (C=O) groups is 1. The predicted octanol–water partition coefficient (Wildman–Crippen LogP) is 5.10. The second-order valence-electron chi connectivity index (χ2n) is 6.08. The van der Waals surface area contributed by atoms with Crippen molar-refractivity contribution in [2.24, 2.45) is 0 Å². The molecule has 0 aliphatic rings. The first-order chi connectivity index (χ1) is 12.2. The van der Waals surface area contributed by atoms with Gasteiger partial charge in [-0.25, -0.2) is 8.42 Å². The van der Waals surface area contributed by atoms with Crippen LogP contribution >= 0.6 is 11.6 Å². The number of benzene rings is 2. The van der Waals surface area contributed by atoms with Gasteiger partial charge in [0.2, 0.25) is 10.0 Å². The van der Waals surface area contributed by atoms with Crippen LogP contribution in [0.4, 0.5) is 5.69 Å². The lowest BCUT2D eigenvalue weighted by Crippen LogP contribution is -2.16. The number of Topliss-reactive ketones (excluding diaryl/α,β-unsaturated/α-hetero) is 1. The lowest BCUT2D eigenvalue weighted by atomic mass is 9.99. The Morgan fingerprint density at radius 3 is 2.46 bits per heavy atom. The van der Waals surface area contributed by atoms with Gasteiger partial charge in [0.25, 0.3) is 0 Å². The fourth-order valence-corrected chi connectivity index (χ4v) is 4.17. The Balaban J connectivity index is 2.39. The molecule has 0 spiro atoms. The molecule has 2 aromatic rings. The normalized spacial score (nSPS) is 11.3. The molecule has 0 radical (unpaired) electrons. The van der Waals surface area contributed by atoms with Crippen molar-refractivity contribution < 1.29 is 17.9 Å². The molecule has 0 aliphatic heterocycles. The first-order valence-electron chi connectivity index (χ1n) is 8.24. The highest BCUT2D eigenvalue weighted by atomic mass is 35.5. The van der Waals surface area contributed by atoms with E-state index in [1.165, 1.54) is 6.92 Å². The van der Waals surface area contributed by atoms with E-state index in [9.17, 15) is 13.2 Å². The summed E-state index contributed by atoms with van der Waals surface area (Å²) in [6, 6.07) is 8.45. The van der Waals surface area contributed by atoms with Gasteiger partial charge in [-0.2, -0.15) is 0 Å². The highest BCUT2D eigenvalue weighted by Gasteiger charge is 2.17. The standard InChI is InChI=1S/C19H22ClNO4S/c1-5-11-26(23,24)21-15-7-6-8-17(19(15)20)25-16-10-9-12(2)18(13(16)3)14(4)22/h6-10,21H,5,11H2,1-4H3. The summed E-state index contributed by atoms with van der Waals surface area (Å²) >= 11 is 6.33. The van der Waals surface area contributed by atoms with Crippen molar-refractivity contribution in [3.63, 3.8) is 0 Å². The molecule has 0 saturated heterocycles. The number of nitrogens with one attached hydrogen (secondary N) is 1. The van der Waals surface area contributed by atoms with Gasteiger partial charge in [0, 0.05) is 11.1 Å². The zero-order valence-corrected chi connectivity index (χ0v) is 16.8. The van der Waals surface area contributed by atoms with E-state index in [0.717, 1.165) is 5.56 Å². The van der Waals surface area contributed by atoms with E-state index in [2.05, 4.69) is 4.72 Å². The molecule has 0 amide bonds. The third-order valence-corrected chi connectivity index (χ3v) is 5.76. The lowest BCUT2D eigenvalue weighted by Gasteiger charge is -2.16. The number of anilines is 1. The summed E-state index contributed by atoms with van der Waals surface area (Å²) in [5.74, 6) is 0.770. The van der Waals surface area contributed by atoms with Gasteiger partial charge >= 0.3 is 0 Å². The van der Waals surface area contributed by atoms with Gasteiger partial charge in [-0.1, -0.05) is 30.7 Å². The summed E-state index contributed by atoms with van der Waals surface area (Å²) < 4.78 is 32.3. The van der Waals surface area contributed by atoms with Gasteiger partial charge in [0.05, 0.1) is 11.4 Å². The molecule has 26 heavy (non-hydrogen) atoms. The average molecular weight is 396 g/mol. The SMILES string of the molecule is CCCS(=O)(=O)Nc1cccc(Oc2ccc(C)c(C(C)=O)c2C)c1Cl. The summed E-state index contributed by atoms with van der Waals surface area (Å²) in [5.41, 5.74) is 2.45. The molecule has 2 aromatic carbocycles. The Morgan fingerprint density at radius 1 is 1.15 bits per heavy atom. The van der Waals surface area contributed by atoms with Crippen LogP contribution < -0.4 is 9.46 Å². The smallest absolute Gasteiger partial charge is 0.232 e. The van der Waals surface area contributed by atoms with Crippen molar-refractivity contribution in [3.8, 4) is 11.5 Å². The molecule has 0 bridgehead atoms. The molecular weight excluding hydrogens is 374 g/mol. The molecule has 7 heteroatoms. The van der Waals surface area contributed by atoms with Crippen LogP contribution in [0.3, 0.4) is 0 Å². The molecule has 0 aromatic heterocycles. The molecular formula is C19H22ClNO4S. The van der Waals surface area contributed by atoms with Crippen molar-refractivity contribution in [1.82, 2.24) is 0 Å². The zero-order valence-electron chi connectivity index (χ0n) is 15.2. The van der Waals surface area contributed by atoms with E-state index < -0.39 is 10.0 Å². The summed E-state index contributed by atoms with van der Waals surface area (Å²) in [5, 5.41) is 0.163. The van der Waals surface area contributed by atoms with Crippen LogP contribution in [0.15, 0.2) is 30.3 Å². The van der Waals surface area contributed by atoms with Crippen LogP contribution in [0, 0.1) is 13.8 Å². The third-order valence-electron chi connectivity index (χ3n) is 3.90. The Morgan fingerprint density at radius 2 is 1.85 bits per heavy atom. The highest BCUT2D eigenvalue weighted by molar-refractivity contribution is 7.92. The Labute approximate surface area is 159 Å². The summed E-state index contributed by atoms with van der Waals surface area (Å²) in [4.78, 5) is 11.9. The van der Waals surface area contributed by atoms with Crippen molar-refractivity contribution in [1.29, 1.82) is 0 Å². The van der Waals surface area contributed by atoms with Crippen LogP contribution in [-0.4, -0.2) is 20.0 Å². The van der Waals surface area contributed by atoms with Gasteiger partial charge in [0.1, 0.15) is 16.5 Å². The van der Waals surface area contributed by atoms with Gasteiger partial charge in [-0.15, -0.1) is 0 Å². The van der Waals surface area contributed by atoms with Crippen LogP contribution in [0.2, 0.25) is 5.02 Å². The minimum atomic E-state index is -3.46. The fraction of sp³-hybridized carbons (Fsp3) is 0.316. The number of hydrogen-bond donors (Lipinski definition) is 1. The maximum atomic E-state index is 12.0. The molecule has 0 aliphatic carbocycles. The number of rotatable bonds is 7. The summed E-state index contributed by atoms with van der Waals surface area (Å²) in [7, 11) is -3.46. The number of ketones is 1. The van der Waals surface area contributed by atoms with Crippen molar-refractivity contribution in [2.45, 2.75) is 34.1 Å². The Kier molecular flexibility index (Phi) is 6.31. The Hall–Kier alpha value is -2.05. The predicted molar refractivity (Wildman–Crippen MR) is 105 cm³/mol. The fourth-order valence-electron chi connectivity index (χ4n) is 2.75. The van der Waals surface area contributed by atoms with E-state index >= 15 is 0 Å². The topological polar surface area (TPSA) is 72.5 Å². The number of halogens is 1. The van der Waals surface area contributed by atoms with Crippen molar-refractivity contribution >= 4 is 33.1 Å². The highest BCUT2D eigenvalue weighted by Crippen LogP contribution is 2.37. The van der Waals surface area contributed by atoms with Crippen molar-refractivity contribution in [2.75, 3.05) is 10.5 Å². The molecule has 0 heterocycles. The van der Waals surface area contributed by atoms with E-state index in [0.29, 0.717) is 29.0 Å². The molecule has 0 saturated carbocycles. The van der Waals surface area contributed by atoms with Gasteiger partial charge < -0.3 is 4.74 Å². The van der Waals surface area contributed by atoms with Crippen molar-refractivity contribution in [3.05, 3.63) is 52.0 Å². The number of sulfonamides is 1. The second-order valence-corrected chi connectivity index (χ2v) is 8.30. The summed E-state index contributed by atoms with van der Waals surface area (Å²) in [6.07, 6.45) is 0.500. The van der Waals surface area contributed by atoms with Crippen LogP contribution in [0.5, 0.6) is 11.5 Å². The minimum absolute atomic E-state index is 0.00740. The number of ether oxygens (including phenoxy) is 1. The van der Waals surface area contributed by atoms with E-state index in [1.807, 2.05) is 6.92 Å². The number of aryl methyl sites for hydroxylation is 1. The average Bonchev–Trinajstić information content (AvgIpc) is 2.53. The molecule has 0 unspecified atom stereocenters. The van der Waals surface area contributed by atoms with Gasteiger partial charge in [-0.05, 0) is 51.0 Å². The van der Waals surface area contributed by atoms with E-state index in [4.69, 9.17) is 16.3 Å². The molecule has 5 nitrogen and oxygen atoms in total. The van der Waals surface area contributed by atoms with Crippen LogP contribution in [0.1, 0.15) is 41.8 Å². The van der Waals surface area contributed by atoms with E-state index in [1.54, 1.807) is 44.2 Å². The van der Waals surface area contributed by atoms with E-state index in [-0.39, 0.29) is 22.2 Å². The summed E-state index contributed by atoms with van der Waals surface area (Å²) in [6.45, 7) is 6.97. The Bertz CT molecular complexity index is 939. The minimum Gasteiger partial charge on any atom is -0.455 e. The molecule has 2 rings (SSSR count). The van der Waals surface area contributed by atoms with Crippen LogP contribution in [-0.2, 0) is 10.0 Å². The van der Waals surface area contributed by atoms with Gasteiger partial charge in [0.15, 0.2) is 5.78 Å². The quantitative estimate of drug-likeness (QED) is 0.661. The molecule has 0 fully saturated rings. The van der Waals surface area contributed by atoms with Crippen LogP contribution in [0.25, 0.3) is 0 Å². The first kappa shape index (κ1) is 20.3. The number of carbonyl (C=O) groups excluding carboxylic acids is 1. The van der Waals surface area contributed by atoms with Gasteiger partial charge in [-0.3, -0.25) is 9.52 Å². The third kappa shape index (κ3) is 4.56. The first-order valence-corrected chi connectivity index (χ1v) is 10.3. The molecule has 0 atom stereocenters.